The van der Waals surface area contributed by atoms with Gasteiger partial charge < -0.3 is 25.0 Å². The highest BCUT2D eigenvalue weighted by atomic mass is 127. The molecule has 1 unspecified atom stereocenters. The van der Waals surface area contributed by atoms with E-state index in [1.165, 1.54) is 0 Å². The molecule has 0 saturated carbocycles. The number of hydrogen-bond acceptors (Lipinski definition) is 5. The number of para-hydroxylation sites is 2. The largest absolute Gasteiger partial charge is 0.496 e. The number of ether oxygens (including phenoxy) is 2. The van der Waals surface area contributed by atoms with Crippen LogP contribution in [0.4, 0.5) is 5.69 Å². The Morgan fingerprint density at radius 1 is 1.23 bits per heavy atom. The number of aryl methyl sites for hydroxylation is 1. The lowest BCUT2D eigenvalue weighted by atomic mass is 10.1. The van der Waals surface area contributed by atoms with Crippen LogP contribution in [0.3, 0.4) is 0 Å². The van der Waals surface area contributed by atoms with E-state index in [-0.39, 0.29) is 24.0 Å². The Kier molecular flexibility index (Phi) is 9.67. The summed E-state index contributed by atoms with van der Waals surface area (Å²) < 4.78 is 11.0. The molecule has 1 saturated heterocycles. The number of pyridine rings is 1. The highest BCUT2D eigenvalue weighted by Crippen LogP contribution is 2.30. The molecule has 7 nitrogen and oxygen atoms in total. The second-order valence-electron chi connectivity index (χ2n) is 7.49. The number of halogens is 1. The third kappa shape index (κ3) is 6.15. The van der Waals surface area contributed by atoms with Gasteiger partial charge in [-0.25, -0.2) is 4.99 Å². The Balaban J connectivity index is 0.00000341. The van der Waals surface area contributed by atoms with Crippen LogP contribution in [0, 0.1) is 13.8 Å². The molecular formula is C23H34IN5O2. The Bertz CT molecular complexity index is 890. The van der Waals surface area contributed by atoms with Gasteiger partial charge in [0.2, 0.25) is 0 Å². The van der Waals surface area contributed by atoms with E-state index in [1.807, 2.05) is 32.2 Å². The van der Waals surface area contributed by atoms with Crippen LogP contribution in [0.1, 0.15) is 30.2 Å². The van der Waals surface area contributed by atoms with Gasteiger partial charge in [0.15, 0.2) is 5.96 Å². The quantitative estimate of drug-likeness (QED) is 0.318. The summed E-state index contributed by atoms with van der Waals surface area (Å²) in [6.07, 6.45) is 2.89. The second kappa shape index (κ2) is 12.0. The maximum Gasteiger partial charge on any atom is 0.191 e. The lowest BCUT2D eigenvalue weighted by Crippen LogP contribution is -2.44. The van der Waals surface area contributed by atoms with Crippen molar-refractivity contribution in [2.24, 2.45) is 4.99 Å². The molecule has 2 heterocycles. The first-order valence-corrected chi connectivity index (χ1v) is 10.5. The summed E-state index contributed by atoms with van der Waals surface area (Å²) in [7, 11) is 3.41. The summed E-state index contributed by atoms with van der Waals surface area (Å²) in [5, 5.41) is 6.93. The summed E-state index contributed by atoms with van der Waals surface area (Å²) in [4.78, 5) is 11.7. The Labute approximate surface area is 202 Å². The minimum atomic E-state index is 0. The number of aromatic nitrogens is 1. The van der Waals surface area contributed by atoms with E-state index >= 15 is 0 Å². The zero-order valence-electron chi connectivity index (χ0n) is 19.1. The van der Waals surface area contributed by atoms with E-state index in [1.54, 1.807) is 14.2 Å². The smallest absolute Gasteiger partial charge is 0.191 e. The molecule has 2 aromatic rings. The molecule has 0 spiro atoms. The van der Waals surface area contributed by atoms with Gasteiger partial charge in [0.1, 0.15) is 11.5 Å². The molecule has 2 N–H and O–H groups in total. The van der Waals surface area contributed by atoms with Crippen molar-refractivity contribution in [3.8, 4) is 11.5 Å². The maximum absolute atomic E-state index is 5.52. The van der Waals surface area contributed by atoms with Crippen LogP contribution in [0.15, 0.2) is 35.5 Å². The third-order valence-corrected chi connectivity index (χ3v) is 5.44. The molecule has 0 bridgehead atoms. The molecule has 1 aromatic heterocycles. The molecule has 0 radical (unpaired) electrons. The standard InChI is InChI=1S/C23H33N5O2.HI/c1-6-24-23(26-14-19-17(3)22(30-5)16(2)13-25-19)27-18-11-12-28(15-18)20-9-7-8-10-21(20)29-4;/h7-10,13,18H,6,11-12,14-15H2,1-5H3,(H2,24,26,27);1H. The van der Waals surface area contributed by atoms with Gasteiger partial charge in [0.25, 0.3) is 0 Å². The molecule has 1 aliphatic rings. The first-order chi connectivity index (χ1) is 14.6. The van der Waals surface area contributed by atoms with Crippen LogP contribution in [-0.4, -0.2) is 50.8 Å². The molecule has 0 aliphatic carbocycles. The Morgan fingerprint density at radius 3 is 2.71 bits per heavy atom. The molecule has 170 valence electrons. The molecule has 31 heavy (non-hydrogen) atoms. The van der Waals surface area contributed by atoms with Crippen molar-refractivity contribution in [1.29, 1.82) is 0 Å². The van der Waals surface area contributed by atoms with Crippen molar-refractivity contribution < 1.29 is 9.47 Å². The van der Waals surface area contributed by atoms with E-state index in [0.717, 1.165) is 66.0 Å². The van der Waals surface area contributed by atoms with Crippen LogP contribution >= 0.6 is 24.0 Å². The van der Waals surface area contributed by atoms with E-state index in [9.17, 15) is 0 Å². The highest BCUT2D eigenvalue weighted by Gasteiger charge is 2.25. The fourth-order valence-corrected chi connectivity index (χ4v) is 3.89. The molecule has 8 heteroatoms. The van der Waals surface area contributed by atoms with Gasteiger partial charge >= 0.3 is 0 Å². The zero-order valence-corrected chi connectivity index (χ0v) is 21.4. The summed E-state index contributed by atoms with van der Waals surface area (Å²) >= 11 is 0. The minimum Gasteiger partial charge on any atom is -0.496 e. The van der Waals surface area contributed by atoms with Crippen molar-refractivity contribution in [2.45, 2.75) is 39.8 Å². The predicted molar refractivity (Wildman–Crippen MR) is 137 cm³/mol. The number of hydrogen-bond donors (Lipinski definition) is 2. The predicted octanol–water partition coefficient (Wildman–Crippen LogP) is 3.67. The van der Waals surface area contributed by atoms with Gasteiger partial charge in [-0.05, 0) is 39.3 Å². The normalized spacial score (nSPS) is 16.0. The first kappa shape index (κ1) is 25.0. The van der Waals surface area contributed by atoms with Gasteiger partial charge in [-0.1, -0.05) is 12.1 Å². The van der Waals surface area contributed by atoms with Crippen molar-refractivity contribution in [3.05, 3.63) is 47.3 Å². The topological polar surface area (TPSA) is 71.0 Å². The van der Waals surface area contributed by atoms with Crippen LogP contribution < -0.4 is 25.0 Å². The third-order valence-electron chi connectivity index (χ3n) is 5.44. The summed E-state index contributed by atoms with van der Waals surface area (Å²) in [5.74, 6) is 2.61. The first-order valence-electron chi connectivity index (χ1n) is 10.5. The van der Waals surface area contributed by atoms with Gasteiger partial charge in [-0.15, -0.1) is 24.0 Å². The molecule has 3 rings (SSSR count). The number of nitrogens with zero attached hydrogens (tertiary/aromatic N) is 3. The van der Waals surface area contributed by atoms with Crippen molar-refractivity contribution in [1.82, 2.24) is 15.6 Å². The Morgan fingerprint density at radius 2 is 2.00 bits per heavy atom. The highest BCUT2D eigenvalue weighted by molar-refractivity contribution is 14.0. The van der Waals surface area contributed by atoms with Crippen LogP contribution in [0.5, 0.6) is 11.5 Å². The number of nitrogens with one attached hydrogen (secondary N) is 2. The monoisotopic (exact) mass is 539 g/mol. The molecule has 1 fully saturated rings. The number of aliphatic imine (C=N–C) groups is 1. The van der Waals surface area contributed by atoms with Crippen LogP contribution in [0.25, 0.3) is 0 Å². The second-order valence-corrected chi connectivity index (χ2v) is 7.49. The van der Waals surface area contributed by atoms with E-state index in [0.29, 0.717) is 12.6 Å². The number of benzene rings is 1. The fraction of sp³-hybridized carbons (Fsp3) is 0.478. The molecular weight excluding hydrogens is 505 g/mol. The lowest BCUT2D eigenvalue weighted by molar-refractivity contribution is 0.407. The van der Waals surface area contributed by atoms with Gasteiger partial charge in [0.05, 0.1) is 32.1 Å². The van der Waals surface area contributed by atoms with Crippen LogP contribution in [0.2, 0.25) is 0 Å². The summed E-state index contributed by atoms with van der Waals surface area (Å²) in [6.45, 7) is 9.30. The number of rotatable bonds is 7. The van der Waals surface area contributed by atoms with E-state index in [4.69, 9.17) is 14.5 Å². The minimum absolute atomic E-state index is 0. The molecule has 0 amide bonds. The summed E-state index contributed by atoms with van der Waals surface area (Å²) in [6, 6.07) is 8.48. The number of anilines is 1. The molecule has 1 aliphatic heterocycles. The van der Waals surface area contributed by atoms with E-state index in [2.05, 4.69) is 39.6 Å². The number of guanidine groups is 1. The van der Waals surface area contributed by atoms with Crippen molar-refractivity contribution in [3.63, 3.8) is 0 Å². The number of methoxy groups -OCH3 is 2. The van der Waals surface area contributed by atoms with Crippen molar-refractivity contribution in [2.75, 3.05) is 38.8 Å². The fourth-order valence-electron chi connectivity index (χ4n) is 3.89. The van der Waals surface area contributed by atoms with Gasteiger partial charge in [-0.2, -0.15) is 0 Å². The average molecular weight is 539 g/mol. The van der Waals surface area contributed by atoms with Gasteiger partial charge in [0, 0.05) is 43.0 Å². The Hall–Kier alpha value is -2.23. The van der Waals surface area contributed by atoms with Crippen LogP contribution in [-0.2, 0) is 6.54 Å². The van der Waals surface area contributed by atoms with Gasteiger partial charge in [-0.3, -0.25) is 4.98 Å². The molecule has 1 atom stereocenters. The van der Waals surface area contributed by atoms with E-state index < -0.39 is 0 Å². The SMILES string of the molecule is CCNC(=NCc1ncc(C)c(OC)c1C)NC1CCN(c2ccccc2OC)C1.I. The lowest BCUT2D eigenvalue weighted by Gasteiger charge is -2.22. The zero-order chi connectivity index (χ0) is 21.5. The van der Waals surface area contributed by atoms with Crippen molar-refractivity contribution >= 4 is 35.6 Å². The maximum atomic E-state index is 5.52. The summed E-state index contributed by atoms with van der Waals surface area (Å²) in [5.41, 5.74) is 4.14. The molecule has 1 aromatic carbocycles. The average Bonchev–Trinajstić information content (AvgIpc) is 3.22.